The van der Waals surface area contributed by atoms with Crippen LogP contribution in [0.3, 0.4) is 0 Å². The molecule has 3 rings (SSSR count). The Morgan fingerprint density at radius 1 is 1.25 bits per heavy atom. The van der Waals surface area contributed by atoms with Gasteiger partial charge in [-0.25, -0.2) is 0 Å². The first-order chi connectivity index (χ1) is 7.76. The van der Waals surface area contributed by atoms with Crippen LogP contribution in [0.15, 0.2) is 0 Å². The average molecular weight is 286 g/mol. The van der Waals surface area contributed by atoms with Crippen molar-refractivity contribution in [1.29, 1.82) is 0 Å². The number of amides is 1. The van der Waals surface area contributed by atoms with Crippen molar-refractivity contribution in [2.24, 2.45) is 23.2 Å². The first-order valence-electron chi connectivity index (χ1n) is 6.59. The van der Waals surface area contributed by atoms with Gasteiger partial charge in [0.1, 0.15) is 0 Å². The topological polar surface area (TPSA) is 29.1 Å². The van der Waals surface area contributed by atoms with E-state index in [1.54, 1.807) is 0 Å². The van der Waals surface area contributed by atoms with Crippen LogP contribution in [-0.4, -0.2) is 17.8 Å². The third-order valence-corrected chi connectivity index (χ3v) is 6.03. The van der Waals surface area contributed by atoms with Crippen molar-refractivity contribution in [2.75, 3.05) is 11.9 Å². The zero-order chi connectivity index (χ0) is 11.2. The summed E-state index contributed by atoms with van der Waals surface area (Å²) in [5.41, 5.74) is 0.412. The summed E-state index contributed by atoms with van der Waals surface area (Å²) in [6.45, 7) is 0.896. The number of nitrogens with one attached hydrogen (secondary N) is 1. The smallest absolute Gasteiger partial charge is 0.223 e. The van der Waals surface area contributed by atoms with Gasteiger partial charge in [0.2, 0.25) is 5.91 Å². The highest BCUT2D eigenvalue weighted by Crippen LogP contribution is 2.55. The van der Waals surface area contributed by atoms with E-state index in [1.165, 1.54) is 38.5 Å². The lowest BCUT2D eigenvalue weighted by Crippen LogP contribution is -2.32. The molecular formula is C13H20BrNO. The molecule has 0 aromatic rings. The molecule has 2 unspecified atom stereocenters. The molecule has 0 aromatic heterocycles. The maximum atomic E-state index is 12.0. The molecule has 16 heavy (non-hydrogen) atoms. The molecule has 0 bridgehead atoms. The van der Waals surface area contributed by atoms with E-state index in [9.17, 15) is 4.79 Å². The maximum Gasteiger partial charge on any atom is 0.223 e. The summed E-state index contributed by atoms with van der Waals surface area (Å²) in [5.74, 6) is 2.22. The van der Waals surface area contributed by atoms with Gasteiger partial charge in [-0.05, 0) is 42.9 Å². The largest absolute Gasteiger partial charge is 0.355 e. The lowest BCUT2D eigenvalue weighted by Gasteiger charge is -2.12. The van der Waals surface area contributed by atoms with Gasteiger partial charge >= 0.3 is 0 Å². The van der Waals surface area contributed by atoms with Crippen LogP contribution in [0.5, 0.6) is 0 Å². The fraction of sp³-hybridized carbons (Fsp3) is 0.923. The molecule has 1 N–H and O–H groups in total. The number of alkyl halides is 1. The average Bonchev–Trinajstić information content (AvgIpc) is 3.21. The molecule has 0 aromatic carbocycles. The summed E-state index contributed by atoms with van der Waals surface area (Å²) < 4.78 is 0. The second kappa shape index (κ2) is 4.01. The van der Waals surface area contributed by atoms with Crippen molar-refractivity contribution in [3.63, 3.8) is 0 Å². The van der Waals surface area contributed by atoms with E-state index in [0.29, 0.717) is 17.2 Å². The molecule has 3 saturated carbocycles. The zero-order valence-corrected chi connectivity index (χ0v) is 11.3. The minimum Gasteiger partial charge on any atom is -0.355 e. The number of rotatable bonds is 4. The molecular weight excluding hydrogens is 266 g/mol. The summed E-state index contributed by atoms with van der Waals surface area (Å²) in [6.07, 6.45) is 7.83. The number of hydrogen-bond donors (Lipinski definition) is 1. The van der Waals surface area contributed by atoms with Crippen molar-refractivity contribution in [3.8, 4) is 0 Å². The summed E-state index contributed by atoms with van der Waals surface area (Å²) in [4.78, 5) is 12.0. The fourth-order valence-electron chi connectivity index (χ4n) is 3.31. The number of hydrogen-bond acceptors (Lipinski definition) is 1. The van der Waals surface area contributed by atoms with E-state index < -0.39 is 0 Å². The van der Waals surface area contributed by atoms with Crippen LogP contribution in [0.25, 0.3) is 0 Å². The summed E-state index contributed by atoms with van der Waals surface area (Å²) in [5, 5.41) is 4.23. The maximum absolute atomic E-state index is 12.0. The summed E-state index contributed by atoms with van der Waals surface area (Å²) in [7, 11) is 0. The van der Waals surface area contributed by atoms with Gasteiger partial charge in [0, 0.05) is 17.8 Å². The first kappa shape index (κ1) is 11.1. The SMILES string of the molecule is O=C(NCC1(CBr)CC1)C1C2CCCCC21. The quantitative estimate of drug-likeness (QED) is 0.791. The Morgan fingerprint density at radius 2 is 1.88 bits per heavy atom. The molecule has 90 valence electrons. The van der Waals surface area contributed by atoms with Gasteiger partial charge < -0.3 is 5.32 Å². The van der Waals surface area contributed by atoms with E-state index in [0.717, 1.165) is 23.7 Å². The molecule has 3 aliphatic carbocycles. The summed E-state index contributed by atoms with van der Waals surface area (Å²) in [6, 6.07) is 0. The van der Waals surface area contributed by atoms with Gasteiger partial charge in [-0.15, -0.1) is 0 Å². The molecule has 0 radical (unpaired) electrons. The van der Waals surface area contributed by atoms with Gasteiger partial charge in [-0.3, -0.25) is 4.79 Å². The zero-order valence-electron chi connectivity index (χ0n) is 9.68. The van der Waals surface area contributed by atoms with Crippen molar-refractivity contribution >= 4 is 21.8 Å². The van der Waals surface area contributed by atoms with Crippen molar-refractivity contribution in [3.05, 3.63) is 0 Å². The lowest BCUT2D eigenvalue weighted by molar-refractivity contribution is -0.123. The molecule has 2 nitrogen and oxygen atoms in total. The molecule has 2 atom stereocenters. The van der Waals surface area contributed by atoms with Crippen LogP contribution in [0.2, 0.25) is 0 Å². The molecule has 0 saturated heterocycles. The predicted octanol–water partition coefficient (Wildman–Crippen LogP) is 2.71. The Balaban J connectivity index is 1.47. The van der Waals surface area contributed by atoms with Crippen LogP contribution in [0, 0.1) is 23.2 Å². The Kier molecular flexibility index (Phi) is 2.77. The van der Waals surface area contributed by atoms with E-state index in [-0.39, 0.29) is 0 Å². The highest BCUT2D eigenvalue weighted by atomic mass is 79.9. The van der Waals surface area contributed by atoms with Crippen LogP contribution < -0.4 is 5.32 Å². The van der Waals surface area contributed by atoms with E-state index in [4.69, 9.17) is 0 Å². The molecule has 3 heteroatoms. The van der Waals surface area contributed by atoms with E-state index in [2.05, 4.69) is 21.2 Å². The normalized spacial score (nSPS) is 38.7. The Morgan fingerprint density at radius 3 is 2.38 bits per heavy atom. The van der Waals surface area contributed by atoms with Crippen LogP contribution in [-0.2, 0) is 4.79 Å². The first-order valence-corrected chi connectivity index (χ1v) is 7.72. The third-order valence-electron chi connectivity index (χ3n) is 4.84. The van der Waals surface area contributed by atoms with Gasteiger partial charge in [0.25, 0.3) is 0 Å². The third kappa shape index (κ3) is 1.92. The number of halogens is 1. The summed E-state index contributed by atoms with van der Waals surface area (Å²) >= 11 is 3.55. The standard InChI is InChI=1S/C13H20BrNO/c14-7-13(5-6-13)8-15-12(16)11-9-3-1-2-4-10(9)11/h9-11H,1-8H2,(H,15,16). The molecule has 3 fully saturated rings. The van der Waals surface area contributed by atoms with Gasteiger partial charge in [-0.1, -0.05) is 28.8 Å². The minimum absolute atomic E-state index is 0.351. The highest BCUT2D eigenvalue weighted by Gasteiger charge is 2.55. The highest BCUT2D eigenvalue weighted by molar-refractivity contribution is 9.09. The van der Waals surface area contributed by atoms with Gasteiger partial charge in [0.05, 0.1) is 0 Å². The lowest BCUT2D eigenvalue weighted by atomic mass is 10.0. The van der Waals surface area contributed by atoms with E-state index in [1.807, 2.05) is 0 Å². The molecule has 0 spiro atoms. The van der Waals surface area contributed by atoms with Crippen LogP contribution in [0.4, 0.5) is 0 Å². The van der Waals surface area contributed by atoms with Crippen molar-refractivity contribution < 1.29 is 4.79 Å². The number of carbonyl (C=O) groups is 1. The minimum atomic E-state index is 0.351. The molecule has 0 aliphatic heterocycles. The van der Waals surface area contributed by atoms with Crippen LogP contribution >= 0.6 is 15.9 Å². The van der Waals surface area contributed by atoms with Gasteiger partial charge in [0.15, 0.2) is 0 Å². The molecule has 1 amide bonds. The second-order valence-corrected chi connectivity index (χ2v) is 6.55. The van der Waals surface area contributed by atoms with Crippen molar-refractivity contribution in [2.45, 2.75) is 38.5 Å². The second-order valence-electron chi connectivity index (χ2n) is 5.99. The van der Waals surface area contributed by atoms with E-state index >= 15 is 0 Å². The number of fused-ring (bicyclic) bond motifs is 1. The van der Waals surface area contributed by atoms with Gasteiger partial charge in [-0.2, -0.15) is 0 Å². The fourth-order valence-corrected chi connectivity index (χ4v) is 4.07. The molecule has 0 heterocycles. The monoisotopic (exact) mass is 285 g/mol. The Bertz CT molecular complexity index is 288. The van der Waals surface area contributed by atoms with Crippen molar-refractivity contribution in [1.82, 2.24) is 5.32 Å². The Labute approximate surface area is 106 Å². The molecule has 3 aliphatic rings. The predicted molar refractivity (Wildman–Crippen MR) is 67.4 cm³/mol. The number of carbonyl (C=O) groups excluding carboxylic acids is 1. The Hall–Kier alpha value is -0.0500. The van der Waals surface area contributed by atoms with Crippen LogP contribution in [0.1, 0.15) is 38.5 Å².